The van der Waals surface area contributed by atoms with E-state index in [0.717, 1.165) is 36.4 Å². The molecular weight excluding hydrogens is 427 g/mol. The SMILES string of the molecule is OC(Cc1cc(Cl)cc2c1OCC2)c1cc(Br)sc1Br. The van der Waals surface area contributed by atoms with Gasteiger partial charge in [0.1, 0.15) is 5.75 Å². The van der Waals surface area contributed by atoms with Crippen LogP contribution in [0.3, 0.4) is 0 Å². The van der Waals surface area contributed by atoms with Gasteiger partial charge in [-0.05, 0) is 61.2 Å². The highest BCUT2D eigenvalue weighted by atomic mass is 79.9. The molecule has 1 N–H and O–H groups in total. The van der Waals surface area contributed by atoms with Crippen LogP contribution in [-0.2, 0) is 12.8 Å². The molecule has 6 heteroatoms. The lowest BCUT2D eigenvalue weighted by Gasteiger charge is -2.13. The van der Waals surface area contributed by atoms with E-state index in [1.807, 2.05) is 18.2 Å². The normalized spacial score (nSPS) is 15.0. The molecule has 1 aromatic heterocycles. The van der Waals surface area contributed by atoms with Crippen molar-refractivity contribution in [1.29, 1.82) is 0 Å². The van der Waals surface area contributed by atoms with Gasteiger partial charge >= 0.3 is 0 Å². The van der Waals surface area contributed by atoms with Crippen LogP contribution in [0.5, 0.6) is 5.75 Å². The largest absolute Gasteiger partial charge is 0.493 e. The zero-order valence-electron chi connectivity index (χ0n) is 10.3. The molecule has 2 heterocycles. The van der Waals surface area contributed by atoms with Crippen LogP contribution in [0.25, 0.3) is 0 Å². The van der Waals surface area contributed by atoms with Crippen molar-refractivity contribution < 1.29 is 9.84 Å². The molecule has 20 heavy (non-hydrogen) atoms. The maximum atomic E-state index is 10.4. The fourth-order valence-corrected chi connectivity index (χ4v) is 5.62. The van der Waals surface area contributed by atoms with E-state index < -0.39 is 6.10 Å². The Balaban J connectivity index is 1.90. The number of hydrogen-bond acceptors (Lipinski definition) is 3. The van der Waals surface area contributed by atoms with Crippen LogP contribution in [0.1, 0.15) is 22.8 Å². The zero-order valence-corrected chi connectivity index (χ0v) is 15.1. The van der Waals surface area contributed by atoms with E-state index in [1.165, 1.54) is 0 Å². The van der Waals surface area contributed by atoms with Crippen LogP contribution < -0.4 is 4.74 Å². The Kier molecular flexibility index (Phi) is 4.43. The molecule has 106 valence electrons. The molecule has 3 rings (SSSR count). The van der Waals surface area contributed by atoms with Crippen molar-refractivity contribution in [3.8, 4) is 5.75 Å². The molecule has 1 unspecified atom stereocenters. The van der Waals surface area contributed by atoms with Gasteiger partial charge in [-0.25, -0.2) is 0 Å². The molecule has 0 aliphatic carbocycles. The number of fused-ring (bicyclic) bond motifs is 1. The van der Waals surface area contributed by atoms with E-state index in [-0.39, 0.29) is 0 Å². The Morgan fingerprint density at radius 1 is 1.35 bits per heavy atom. The van der Waals surface area contributed by atoms with E-state index >= 15 is 0 Å². The lowest BCUT2D eigenvalue weighted by Crippen LogP contribution is -2.03. The number of thiophene rings is 1. The van der Waals surface area contributed by atoms with Gasteiger partial charge in [0, 0.05) is 23.4 Å². The summed E-state index contributed by atoms with van der Waals surface area (Å²) in [5.41, 5.74) is 2.98. The first-order valence-electron chi connectivity index (χ1n) is 6.11. The molecule has 2 aromatic rings. The van der Waals surface area contributed by atoms with Gasteiger partial charge in [0.25, 0.3) is 0 Å². The molecule has 1 aliphatic heterocycles. The van der Waals surface area contributed by atoms with Crippen LogP contribution >= 0.6 is 54.8 Å². The predicted octanol–water partition coefficient (Wildman–Crippen LogP) is 5.14. The second-order valence-electron chi connectivity index (χ2n) is 4.65. The number of rotatable bonds is 3. The van der Waals surface area contributed by atoms with Crippen LogP contribution in [0.2, 0.25) is 5.02 Å². The van der Waals surface area contributed by atoms with Gasteiger partial charge in [-0.1, -0.05) is 11.6 Å². The number of hydrogen-bond donors (Lipinski definition) is 1. The summed E-state index contributed by atoms with van der Waals surface area (Å²) in [6, 6.07) is 5.76. The predicted molar refractivity (Wildman–Crippen MR) is 89.0 cm³/mol. The van der Waals surface area contributed by atoms with Gasteiger partial charge in [-0.3, -0.25) is 0 Å². The first-order valence-corrected chi connectivity index (χ1v) is 8.89. The summed E-state index contributed by atoms with van der Waals surface area (Å²) in [5, 5.41) is 11.1. The van der Waals surface area contributed by atoms with Crippen LogP contribution in [0.15, 0.2) is 25.8 Å². The number of halogens is 3. The molecule has 1 aliphatic rings. The van der Waals surface area contributed by atoms with E-state index in [0.29, 0.717) is 18.1 Å². The average molecular weight is 439 g/mol. The standard InChI is InChI=1S/C14H11Br2ClO2S/c15-12-6-10(14(16)20-12)11(18)5-8-4-9(17)3-7-1-2-19-13(7)8/h3-4,6,11,18H,1-2,5H2. The van der Waals surface area contributed by atoms with Crippen molar-refractivity contribution in [2.75, 3.05) is 6.61 Å². The highest BCUT2D eigenvalue weighted by Gasteiger charge is 2.22. The van der Waals surface area contributed by atoms with E-state index in [4.69, 9.17) is 16.3 Å². The number of ether oxygens (including phenoxy) is 1. The van der Waals surface area contributed by atoms with Gasteiger partial charge in [-0.15, -0.1) is 11.3 Å². The second kappa shape index (κ2) is 5.97. The second-order valence-corrected chi connectivity index (χ2v) is 8.84. The van der Waals surface area contributed by atoms with E-state index in [2.05, 4.69) is 31.9 Å². The minimum absolute atomic E-state index is 0.491. The van der Waals surface area contributed by atoms with Crippen LogP contribution in [-0.4, -0.2) is 11.7 Å². The first kappa shape index (κ1) is 14.9. The molecule has 0 radical (unpaired) electrons. The fraction of sp³-hybridized carbons (Fsp3) is 0.286. The Bertz CT molecular complexity index is 657. The van der Waals surface area contributed by atoms with Gasteiger partial charge in [0.2, 0.25) is 0 Å². The number of benzene rings is 1. The fourth-order valence-electron chi connectivity index (χ4n) is 2.40. The number of aliphatic hydroxyl groups excluding tert-OH is 1. The highest BCUT2D eigenvalue weighted by Crippen LogP contribution is 2.39. The molecule has 0 saturated heterocycles. The van der Waals surface area contributed by atoms with Gasteiger partial charge in [0.15, 0.2) is 0 Å². The van der Waals surface area contributed by atoms with Crippen molar-refractivity contribution in [2.45, 2.75) is 18.9 Å². The van der Waals surface area contributed by atoms with Crippen molar-refractivity contribution in [1.82, 2.24) is 0 Å². The van der Waals surface area contributed by atoms with Crippen molar-refractivity contribution in [3.63, 3.8) is 0 Å². The highest BCUT2D eigenvalue weighted by molar-refractivity contribution is 9.12. The number of aliphatic hydroxyl groups is 1. The average Bonchev–Trinajstić information content (AvgIpc) is 2.95. The topological polar surface area (TPSA) is 29.5 Å². The molecule has 2 nitrogen and oxygen atoms in total. The van der Waals surface area contributed by atoms with Gasteiger partial charge in [0.05, 0.1) is 20.3 Å². The minimum Gasteiger partial charge on any atom is -0.493 e. The van der Waals surface area contributed by atoms with Crippen LogP contribution in [0, 0.1) is 0 Å². The van der Waals surface area contributed by atoms with Crippen LogP contribution in [0.4, 0.5) is 0 Å². The molecule has 0 amide bonds. The monoisotopic (exact) mass is 436 g/mol. The van der Waals surface area contributed by atoms with Gasteiger partial charge in [-0.2, -0.15) is 0 Å². The molecule has 0 spiro atoms. The minimum atomic E-state index is -0.585. The summed E-state index contributed by atoms with van der Waals surface area (Å²) in [4.78, 5) is 0. The third kappa shape index (κ3) is 2.92. The molecule has 0 bridgehead atoms. The molecule has 0 saturated carbocycles. The Labute approximate surface area is 143 Å². The molecule has 1 aromatic carbocycles. The van der Waals surface area contributed by atoms with E-state index in [1.54, 1.807) is 11.3 Å². The third-order valence-electron chi connectivity index (χ3n) is 3.28. The first-order chi connectivity index (χ1) is 9.54. The molecule has 0 fully saturated rings. The maximum absolute atomic E-state index is 10.4. The third-order valence-corrected chi connectivity index (χ3v) is 5.88. The lowest BCUT2D eigenvalue weighted by molar-refractivity contribution is 0.177. The summed E-state index contributed by atoms with van der Waals surface area (Å²) in [5.74, 6) is 0.888. The maximum Gasteiger partial charge on any atom is 0.126 e. The summed E-state index contributed by atoms with van der Waals surface area (Å²) < 4.78 is 7.60. The van der Waals surface area contributed by atoms with Gasteiger partial charge < -0.3 is 9.84 Å². The summed E-state index contributed by atoms with van der Waals surface area (Å²) in [6.45, 7) is 0.687. The smallest absolute Gasteiger partial charge is 0.126 e. The zero-order chi connectivity index (χ0) is 14.3. The summed E-state index contributed by atoms with van der Waals surface area (Å²) in [6.07, 6.45) is 0.788. The van der Waals surface area contributed by atoms with Crippen molar-refractivity contribution in [3.05, 3.63) is 47.5 Å². The van der Waals surface area contributed by atoms with E-state index in [9.17, 15) is 5.11 Å². The molecule has 1 atom stereocenters. The lowest BCUT2D eigenvalue weighted by atomic mass is 10.0. The van der Waals surface area contributed by atoms with Crippen molar-refractivity contribution >= 4 is 54.8 Å². The Morgan fingerprint density at radius 2 is 2.15 bits per heavy atom. The Morgan fingerprint density at radius 3 is 2.85 bits per heavy atom. The summed E-state index contributed by atoms with van der Waals surface area (Å²) in [7, 11) is 0. The molecular formula is C14H11Br2ClO2S. The Hall–Kier alpha value is -0.0700. The van der Waals surface area contributed by atoms with Crippen molar-refractivity contribution in [2.24, 2.45) is 0 Å². The summed E-state index contributed by atoms with van der Waals surface area (Å²) >= 11 is 14.6. The quantitative estimate of drug-likeness (QED) is 0.719.